The molecule has 144 valence electrons. The Bertz CT molecular complexity index is 1100. The quantitative estimate of drug-likeness (QED) is 0.500. The molecule has 0 amide bonds. The highest BCUT2D eigenvalue weighted by Gasteiger charge is 2.15. The normalized spacial score (nSPS) is 11.1. The minimum Gasteiger partial charge on any atom is -0.357 e. The van der Waals surface area contributed by atoms with Gasteiger partial charge >= 0.3 is 0 Å². The molecular formula is C20H21ClN6S. The number of benzene rings is 1. The number of nitrogens with one attached hydrogen (secondary N) is 1. The second-order valence-electron chi connectivity index (χ2n) is 6.65. The number of hydrogen-bond donors (Lipinski definition) is 1. The first-order valence-corrected chi connectivity index (χ1v) is 10.2. The zero-order valence-corrected chi connectivity index (χ0v) is 17.6. The maximum Gasteiger partial charge on any atom is 0.183 e. The molecule has 0 aliphatic rings. The van der Waals surface area contributed by atoms with Gasteiger partial charge in [0.25, 0.3) is 0 Å². The molecule has 0 fully saturated rings. The summed E-state index contributed by atoms with van der Waals surface area (Å²) in [7, 11) is 1.84. The number of anilines is 1. The first kappa shape index (κ1) is 18.7. The lowest BCUT2D eigenvalue weighted by molar-refractivity contribution is 0.689. The van der Waals surface area contributed by atoms with Crippen LogP contribution in [-0.2, 0) is 20.1 Å². The summed E-state index contributed by atoms with van der Waals surface area (Å²) >= 11 is 7.91. The summed E-state index contributed by atoms with van der Waals surface area (Å²) < 4.78 is 3.64. The van der Waals surface area contributed by atoms with Gasteiger partial charge < -0.3 is 5.32 Å². The van der Waals surface area contributed by atoms with E-state index in [1.165, 1.54) is 5.56 Å². The molecule has 0 aliphatic carbocycles. The molecule has 1 aromatic carbocycles. The average molecular weight is 413 g/mol. The second-order valence-corrected chi connectivity index (χ2v) is 8.01. The van der Waals surface area contributed by atoms with E-state index in [1.54, 1.807) is 16.0 Å². The van der Waals surface area contributed by atoms with Crippen molar-refractivity contribution >= 4 is 28.1 Å². The Morgan fingerprint density at radius 3 is 2.57 bits per heavy atom. The summed E-state index contributed by atoms with van der Waals surface area (Å²) in [5, 5.41) is 13.9. The average Bonchev–Trinajstić information content (AvgIpc) is 3.34. The van der Waals surface area contributed by atoms with Gasteiger partial charge in [-0.2, -0.15) is 10.2 Å². The van der Waals surface area contributed by atoms with Gasteiger partial charge in [0.05, 0.1) is 22.8 Å². The molecule has 8 heteroatoms. The monoisotopic (exact) mass is 412 g/mol. The molecule has 3 aromatic heterocycles. The Balaban J connectivity index is 1.49. The minimum absolute atomic E-state index is 0.591. The van der Waals surface area contributed by atoms with Crippen LogP contribution in [0, 0.1) is 13.8 Å². The van der Waals surface area contributed by atoms with Crippen molar-refractivity contribution in [2.75, 3.05) is 5.32 Å². The van der Waals surface area contributed by atoms with Crippen molar-refractivity contribution in [3.8, 4) is 10.6 Å². The molecular weight excluding hydrogens is 392 g/mol. The van der Waals surface area contributed by atoms with Gasteiger partial charge in [-0.1, -0.05) is 53.3 Å². The molecule has 4 aromatic rings. The summed E-state index contributed by atoms with van der Waals surface area (Å²) in [6.45, 7) is 5.31. The Labute approximate surface area is 172 Å². The predicted octanol–water partition coefficient (Wildman–Crippen LogP) is 4.67. The Hall–Kier alpha value is -2.64. The first-order valence-electron chi connectivity index (χ1n) is 8.98. The van der Waals surface area contributed by atoms with Crippen LogP contribution in [0.5, 0.6) is 0 Å². The van der Waals surface area contributed by atoms with Gasteiger partial charge in [0, 0.05) is 25.4 Å². The fraction of sp³-hybridized carbons (Fsp3) is 0.250. The van der Waals surface area contributed by atoms with Crippen molar-refractivity contribution in [3.63, 3.8) is 0 Å². The minimum atomic E-state index is 0.591. The molecule has 0 spiro atoms. The van der Waals surface area contributed by atoms with Gasteiger partial charge in [0.1, 0.15) is 10.8 Å². The van der Waals surface area contributed by atoms with E-state index >= 15 is 0 Å². The van der Waals surface area contributed by atoms with E-state index in [1.807, 2.05) is 56.0 Å². The molecule has 0 aliphatic heterocycles. The summed E-state index contributed by atoms with van der Waals surface area (Å²) in [6, 6.07) is 12.4. The number of halogens is 1. The molecule has 0 saturated heterocycles. The van der Waals surface area contributed by atoms with Crippen molar-refractivity contribution in [2.24, 2.45) is 7.05 Å². The fourth-order valence-corrected chi connectivity index (χ4v) is 4.26. The third-order valence-corrected chi connectivity index (χ3v) is 6.15. The van der Waals surface area contributed by atoms with Crippen LogP contribution in [-0.4, -0.2) is 24.5 Å². The number of rotatable bonds is 6. The summed E-state index contributed by atoms with van der Waals surface area (Å²) in [4.78, 5) is 5.72. The van der Waals surface area contributed by atoms with Crippen LogP contribution in [0.3, 0.4) is 0 Å². The summed E-state index contributed by atoms with van der Waals surface area (Å²) in [5.74, 6) is 0. The van der Waals surface area contributed by atoms with E-state index in [9.17, 15) is 0 Å². The van der Waals surface area contributed by atoms with Gasteiger partial charge in [0.2, 0.25) is 0 Å². The van der Waals surface area contributed by atoms with E-state index in [-0.39, 0.29) is 0 Å². The van der Waals surface area contributed by atoms with Crippen LogP contribution in [0.15, 0.2) is 42.6 Å². The molecule has 6 nitrogen and oxygen atoms in total. The lowest BCUT2D eigenvalue weighted by Crippen LogP contribution is -2.00. The molecule has 4 rings (SSSR count). The van der Waals surface area contributed by atoms with Crippen molar-refractivity contribution < 1.29 is 0 Å². The van der Waals surface area contributed by atoms with E-state index in [2.05, 4.69) is 27.5 Å². The first-order chi connectivity index (χ1) is 13.5. The van der Waals surface area contributed by atoms with E-state index < -0.39 is 0 Å². The highest BCUT2D eigenvalue weighted by atomic mass is 35.5. The van der Waals surface area contributed by atoms with Crippen LogP contribution in [0.25, 0.3) is 10.6 Å². The van der Waals surface area contributed by atoms with Crippen molar-refractivity contribution in [3.05, 3.63) is 70.3 Å². The van der Waals surface area contributed by atoms with Crippen LogP contribution in [0.2, 0.25) is 5.15 Å². The van der Waals surface area contributed by atoms with Gasteiger partial charge in [-0.15, -0.1) is 0 Å². The molecule has 0 saturated carbocycles. The van der Waals surface area contributed by atoms with Crippen LogP contribution in [0.4, 0.5) is 5.13 Å². The van der Waals surface area contributed by atoms with Crippen LogP contribution >= 0.6 is 22.9 Å². The summed E-state index contributed by atoms with van der Waals surface area (Å²) in [6.07, 6.45) is 2.01. The fourth-order valence-electron chi connectivity index (χ4n) is 3.09. The Morgan fingerprint density at radius 1 is 1.07 bits per heavy atom. The van der Waals surface area contributed by atoms with Crippen LogP contribution in [0.1, 0.15) is 22.5 Å². The smallest absolute Gasteiger partial charge is 0.183 e. The molecule has 28 heavy (non-hydrogen) atoms. The third-order valence-electron chi connectivity index (χ3n) is 4.54. The van der Waals surface area contributed by atoms with Gasteiger partial charge in [-0.05, 0) is 25.5 Å². The molecule has 0 bridgehead atoms. The van der Waals surface area contributed by atoms with E-state index in [0.717, 1.165) is 39.2 Å². The standard InChI is InChI=1S/C20H21ClN6S/c1-13-16(19(21)26(3)24-13)11-22-20-23-14(2)18(28-20)17-9-10-27(25-17)12-15-7-5-4-6-8-15/h4-10H,11-12H2,1-3H3,(H,22,23). The Morgan fingerprint density at radius 2 is 1.86 bits per heavy atom. The van der Waals surface area contributed by atoms with Gasteiger partial charge in [-0.3, -0.25) is 9.36 Å². The summed E-state index contributed by atoms with van der Waals surface area (Å²) in [5.41, 5.74) is 5.05. The lowest BCUT2D eigenvalue weighted by atomic mass is 10.2. The molecule has 0 unspecified atom stereocenters. The zero-order chi connectivity index (χ0) is 19.7. The predicted molar refractivity (Wildman–Crippen MR) is 114 cm³/mol. The van der Waals surface area contributed by atoms with E-state index in [0.29, 0.717) is 11.7 Å². The molecule has 3 heterocycles. The number of thiazole rings is 1. The lowest BCUT2D eigenvalue weighted by Gasteiger charge is -2.02. The second kappa shape index (κ2) is 7.77. The van der Waals surface area contributed by atoms with E-state index in [4.69, 9.17) is 16.7 Å². The maximum atomic E-state index is 6.31. The zero-order valence-electron chi connectivity index (χ0n) is 16.0. The Kier molecular flexibility index (Phi) is 5.19. The van der Waals surface area contributed by atoms with Crippen molar-refractivity contribution in [1.82, 2.24) is 24.5 Å². The highest BCUT2D eigenvalue weighted by molar-refractivity contribution is 7.19. The number of aryl methyl sites for hydroxylation is 3. The largest absolute Gasteiger partial charge is 0.357 e. The number of nitrogens with zero attached hydrogens (tertiary/aromatic N) is 5. The molecule has 1 N–H and O–H groups in total. The molecule has 0 atom stereocenters. The molecule has 0 radical (unpaired) electrons. The number of aromatic nitrogens is 5. The SMILES string of the molecule is Cc1nc(NCc2c(C)nn(C)c2Cl)sc1-c1ccn(Cc2ccccc2)n1. The third kappa shape index (κ3) is 3.81. The van der Waals surface area contributed by atoms with Gasteiger partial charge in [-0.25, -0.2) is 4.98 Å². The highest BCUT2D eigenvalue weighted by Crippen LogP contribution is 2.32. The van der Waals surface area contributed by atoms with Crippen molar-refractivity contribution in [2.45, 2.75) is 26.9 Å². The maximum absolute atomic E-state index is 6.31. The van der Waals surface area contributed by atoms with Crippen molar-refractivity contribution in [1.29, 1.82) is 0 Å². The van der Waals surface area contributed by atoms with Gasteiger partial charge in [0.15, 0.2) is 5.13 Å². The topological polar surface area (TPSA) is 60.6 Å². The number of hydrogen-bond acceptors (Lipinski definition) is 5. The van der Waals surface area contributed by atoms with Crippen LogP contribution < -0.4 is 5.32 Å².